The van der Waals surface area contributed by atoms with Gasteiger partial charge >= 0.3 is 5.97 Å². The normalized spacial score (nSPS) is 16.6. The van der Waals surface area contributed by atoms with E-state index in [0.717, 1.165) is 0 Å². The number of nitrogens with zero attached hydrogens (tertiary/aromatic N) is 3. The van der Waals surface area contributed by atoms with Crippen molar-refractivity contribution in [1.29, 1.82) is 0 Å². The summed E-state index contributed by atoms with van der Waals surface area (Å²) in [5, 5.41) is 9.66. The molecule has 0 saturated carbocycles. The standard InChI is InChI=1S/C22H15N3O3S/c26-20-19(14-16-8-4-5-12-23-16)29-22(25(20)18-10-2-1-3-11-18)24-17-9-6-7-15(13-17)21(27)28/h1-14H,(H,27,28)/b19-14-,24-22?. The van der Waals surface area contributed by atoms with Crippen LogP contribution in [0.25, 0.3) is 6.08 Å². The van der Waals surface area contributed by atoms with Gasteiger partial charge in [0.1, 0.15) is 0 Å². The van der Waals surface area contributed by atoms with Gasteiger partial charge in [-0.05, 0) is 60.3 Å². The second kappa shape index (κ2) is 8.12. The second-order valence-corrected chi connectivity index (χ2v) is 7.10. The zero-order chi connectivity index (χ0) is 20.2. The fourth-order valence-corrected chi connectivity index (χ4v) is 3.75. The Kier molecular flexibility index (Phi) is 5.22. The second-order valence-electron chi connectivity index (χ2n) is 6.09. The molecule has 142 valence electrons. The Morgan fingerprint density at radius 3 is 2.55 bits per heavy atom. The summed E-state index contributed by atoms with van der Waals surface area (Å²) in [6, 6.07) is 21.0. The molecule has 2 aromatic carbocycles. The Balaban J connectivity index is 1.78. The van der Waals surface area contributed by atoms with Gasteiger partial charge in [0, 0.05) is 6.20 Å². The number of rotatable bonds is 4. The molecule has 0 aliphatic carbocycles. The molecule has 6 nitrogen and oxygen atoms in total. The highest BCUT2D eigenvalue weighted by atomic mass is 32.2. The predicted molar refractivity (Wildman–Crippen MR) is 114 cm³/mol. The maximum absolute atomic E-state index is 13.1. The number of para-hydroxylation sites is 1. The number of amidine groups is 1. The topological polar surface area (TPSA) is 82.9 Å². The van der Waals surface area contributed by atoms with Crippen molar-refractivity contribution >= 4 is 46.3 Å². The number of benzene rings is 2. The fraction of sp³-hybridized carbons (Fsp3) is 0. The van der Waals surface area contributed by atoms with E-state index in [1.807, 2.05) is 48.5 Å². The minimum Gasteiger partial charge on any atom is -0.478 e. The summed E-state index contributed by atoms with van der Waals surface area (Å²) in [6.45, 7) is 0. The number of anilines is 1. The van der Waals surface area contributed by atoms with Gasteiger partial charge < -0.3 is 5.11 Å². The number of carbonyl (C=O) groups is 2. The largest absolute Gasteiger partial charge is 0.478 e. The van der Waals surface area contributed by atoms with Crippen LogP contribution >= 0.6 is 11.8 Å². The molecule has 4 rings (SSSR count). The number of thioether (sulfide) groups is 1. The molecule has 0 bridgehead atoms. The first kappa shape index (κ1) is 18.6. The minimum atomic E-state index is -1.03. The summed E-state index contributed by atoms with van der Waals surface area (Å²) in [6.07, 6.45) is 3.39. The highest BCUT2D eigenvalue weighted by molar-refractivity contribution is 8.19. The van der Waals surface area contributed by atoms with Crippen molar-refractivity contribution in [2.45, 2.75) is 0 Å². The van der Waals surface area contributed by atoms with Crippen molar-refractivity contribution < 1.29 is 14.7 Å². The maximum Gasteiger partial charge on any atom is 0.335 e. The van der Waals surface area contributed by atoms with Crippen molar-refractivity contribution in [2.75, 3.05) is 4.90 Å². The molecule has 1 aliphatic rings. The van der Waals surface area contributed by atoms with Crippen LogP contribution in [0.2, 0.25) is 0 Å². The van der Waals surface area contributed by atoms with Gasteiger partial charge in [-0.3, -0.25) is 14.7 Å². The number of carboxylic acids is 1. The van der Waals surface area contributed by atoms with E-state index in [0.29, 0.717) is 27.1 Å². The summed E-state index contributed by atoms with van der Waals surface area (Å²) in [5.74, 6) is -1.24. The van der Waals surface area contributed by atoms with Crippen molar-refractivity contribution in [3.63, 3.8) is 0 Å². The van der Waals surface area contributed by atoms with Crippen LogP contribution in [-0.2, 0) is 4.79 Å². The Morgan fingerprint density at radius 1 is 1.03 bits per heavy atom. The molecule has 1 fully saturated rings. The van der Waals surface area contributed by atoms with Crippen molar-refractivity contribution in [3.05, 3.63) is 95.2 Å². The lowest BCUT2D eigenvalue weighted by Crippen LogP contribution is -2.28. The van der Waals surface area contributed by atoms with Crippen LogP contribution < -0.4 is 4.90 Å². The van der Waals surface area contributed by atoms with Crippen LogP contribution in [-0.4, -0.2) is 27.1 Å². The van der Waals surface area contributed by atoms with Crippen LogP contribution in [0.3, 0.4) is 0 Å². The van der Waals surface area contributed by atoms with Gasteiger partial charge in [0.05, 0.1) is 27.5 Å². The Hall–Kier alpha value is -3.71. The molecule has 3 aromatic rings. The van der Waals surface area contributed by atoms with E-state index < -0.39 is 5.97 Å². The quantitative estimate of drug-likeness (QED) is 0.647. The van der Waals surface area contributed by atoms with Gasteiger partial charge in [0.2, 0.25) is 0 Å². The third-order valence-corrected chi connectivity index (χ3v) is 5.07. The predicted octanol–water partition coefficient (Wildman–Crippen LogP) is 4.59. The van der Waals surface area contributed by atoms with Gasteiger partial charge in [-0.2, -0.15) is 0 Å². The number of hydrogen-bond donors (Lipinski definition) is 1. The average Bonchev–Trinajstić information content (AvgIpc) is 3.04. The van der Waals surface area contributed by atoms with Crippen LogP contribution in [0, 0.1) is 0 Å². The highest BCUT2D eigenvalue weighted by Gasteiger charge is 2.34. The Bertz CT molecular complexity index is 1130. The molecule has 0 atom stereocenters. The van der Waals surface area contributed by atoms with Crippen LogP contribution in [0.15, 0.2) is 88.9 Å². The summed E-state index contributed by atoms with van der Waals surface area (Å²) in [7, 11) is 0. The summed E-state index contributed by atoms with van der Waals surface area (Å²) < 4.78 is 0. The van der Waals surface area contributed by atoms with Gasteiger partial charge in [0.15, 0.2) is 5.17 Å². The number of aromatic nitrogens is 1. The lowest BCUT2D eigenvalue weighted by molar-refractivity contribution is -0.113. The highest BCUT2D eigenvalue weighted by Crippen LogP contribution is 2.37. The van der Waals surface area contributed by atoms with Gasteiger partial charge in [0.25, 0.3) is 5.91 Å². The van der Waals surface area contributed by atoms with Crippen LogP contribution in [0.1, 0.15) is 16.1 Å². The van der Waals surface area contributed by atoms with E-state index in [1.165, 1.54) is 28.8 Å². The number of carbonyl (C=O) groups excluding carboxylic acids is 1. The lowest BCUT2D eigenvalue weighted by Gasteiger charge is -2.15. The molecule has 1 aliphatic heterocycles. The number of aromatic carboxylic acids is 1. The third-order valence-electron chi connectivity index (χ3n) is 4.11. The molecule has 1 saturated heterocycles. The average molecular weight is 401 g/mol. The lowest BCUT2D eigenvalue weighted by atomic mass is 10.2. The van der Waals surface area contributed by atoms with E-state index >= 15 is 0 Å². The molecule has 0 unspecified atom stereocenters. The molecule has 1 N–H and O–H groups in total. The first-order chi connectivity index (χ1) is 14.1. The summed E-state index contributed by atoms with van der Waals surface area (Å²) in [5.41, 5.74) is 1.95. The zero-order valence-electron chi connectivity index (χ0n) is 15.1. The number of aliphatic imine (C=N–C) groups is 1. The third kappa shape index (κ3) is 4.09. The molecular formula is C22H15N3O3S. The van der Waals surface area contributed by atoms with Gasteiger partial charge in [-0.1, -0.05) is 30.3 Å². The van der Waals surface area contributed by atoms with Crippen molar-refractivity contribution in [1.82, 2.24) is 4.98 Å². The molecule has 7 heteroatoms. The molecule has 0 radical (unpaired) electrons. The number of pyridine rings is 1. The van der Waals surface area contributed by atoms with Crippen molar-refractivity contribution in [3.8, 4) is 0 Å². The molecule has 0 spiro atoms. The number of carboxylic acid groups (broad SMARTS) is 1. The zero-order valence-corrected chi connectivity index (χ0v) is 15.9. The van der Waals surface area contributed by atoms with Gasteiger partial charge in [-0.15, -0.1) is 0 Å². The van der Waals surface area contributed by atoms with E-state index in [4.69, 9.17) is 0 Å². The van der Waals surface area contributed by atoms with Gasteiger partial charge in [-0.25, -0.2) is 9.79 Å². The first-order valence-electron chi connectivity index (χ1n) is 8.74. The molecule has 1 aromatic heterocycles. The van der Waals surface area contributed by atoms with E-state index in [1.54, 1.807) is 24.4 Å². The summed E-state index contributed by atoms with van der Waals surface area (Å²) >= 11 is 1.23. The minimum absolute atomic E-state index is 0.136. The first-order valence-corrected chi connectivity index (χ1v) is 9.55. The Labute approximate surface area is 171 Å². The van der Waals surface area contributed by atoms with Crippen LogP contribution in [0.4, 0.5) is 11.4 Å². The SMILES string of the molecule is O=C(O)c1cccc(N=C2S/C(=C\c3ccccn3)C(=O)N2c2ccccc2)c1. The molecule has 2 heterocycles. The summed E-state index contributed by atoms with van der Waals surface area (Å²) in [4.78, 5) is 35.2. The maximum atomic E-state index is 13.1. The number of hydrogen-bond acceptors (Lipinski definition) is 5. The molecule has 1 amide bonds. The van der Waals surface area contributed by atoms with E-state index in [2.05, 4.69) is 9.98 Å². The monoisotopic (exact) mass is 401 g/mol. The van der Waals surface area contributed by atoms with Crippen molar-refractivity contribution in [2.24, 2.45) is 4.99 Å². The van der Waals surface area contributed by atoms with E-state index in [9.17, 15) is 14.7 Å². The molecular weight excluding hydrogens is 386 g/mol. The number of amides is 1. The molecule has 29 heavy (non-hydrogen) atoms. The van der Waals surface area contributed by atoms with E-state index in [-0.39, 0.29) is 11.5 Å². The Morgan fingerprint density at radius 2 is 1.83 bits per heavy atom. The van der Waals surface area contributed by atoms with Crippen LogP contribution in [0.5, 0.6) is 0 Å². The fourth-order valence-electron chi connectivity index (χ4n) is 2.77. The smallest absolute Gasteiger partial charge is 0.335 e.